The van der Waals surface area contributed by atoms with Crippen molar-refractivity contribution in [2.75, 3.05) is 32.8 Å². The standard InChI is InChI=1S/C43H56N6O10/c1-6-28-10-12-29(13-11-28)19-36(51)45-32(18-30-9-7-8-24(2)16-30)38(52)46-37-27(5)59-43(57)34-17-25(3)21-48(34)40(54)26(4)44-39(53)35-23-58-15-14-47(35)41(55)33-20-31(50)22-49(33)42(37)56/h7-13,16,25-27,31-35,37,50H,6,14-15,17-23H2,1-5H3,(H,44,53)(H,45,51)(H,46,52)/t25-,26+,27+,31-,32+,33+,34+,35+,37+/m1/s1. The number of esters is 1. The largest absolute Gasteiger partial charge is 0.458 e. The molecule has 0 aromatic heterocycles. The number of carbonyl (C=O) groups is 7. The van der Waals surface area contributed by atoms with Gasteiger partial charge in [-0.2, -0.15) is 0 Å². The monoisotopic (exact) mass is 816 g/mol. The molecular formula is C43H56N6O10. The maximum absolute atomic E-state index is 14.8. The Morgan fingerprint density at radius 2 is 1.58 bits per heavy atom. The first-order valence-electron chi connectivity index (χ1n) is 20.5. The van der Waals surface area contributed by atoms with E-state index in [1.807, 2.05) is 69.3 Å². The lowest BCUT2D eigenvalue weighted by Crippen LogP contribution is -2.64. The summed E-state index contributed by atoms with van der Waals surface area (Å²) in [7, 11) is 0. The fourth-order valence-corrected chi connectivity index (χ4v) is 8.45. The van der Waals surface area contributed by atoms with Crippen molar-refractivity contribution in [2.24, 2.45) is 5.92 Å². The molecule has 4 heterocycles. The number of fused-ring (bicyclic) bond motifs is 3. The molecule has 0 radical (unpaired) electrons. The van der Waals surface area contributed by atoms with E-state index in [0.717, 1.165) is 33.6 Å². The van der Waals surface area contributed by atoms with Gasteiger partial charge >= 0.3 is 5.97 Å². The molecular weight excluding hydrogens is 761 g/mol. The molecule has 0 aliphatic carbocycles. The minimum atomic E-state index is -1.59. The van der Waals surface area contributed by atoms with Gasteiger partial charge in [0.05, 0.1) is 25.7 Å². The molecule has 6 rings (SSSR count). The number of ether oxygens (including phenoxy) is 2. The third-order valence-electron chi connectivity index (χ3n) is 11.7. The predicted octanol–water partition coefficient (Wildman–Crippen LogP) is 0.188. The van der Waals surface area contributed by atoms with E-state index in [4.69, 9.17) is 9.47 Å². The predicted molar refractivity (Wildman–Crippen MR) is 213 cm³/mol. The second-order valence-electron chi connectivity index (χ2n) is 16.4. The molecule has 16 nitrogen and oxygen atoms in total. The maximum atomic E-state index is 14.8. The molecule has 0 spiro atoms. The number of morpholine rings is 1. The zero-order chi connectivity index (χ0) is 42.5. The van der Waals surface area contributed by atoms with E-state index in [-0.39, 0.29) is 64.4 Å². The number of hydrogen-bond acceptors (Lipinski definition) is 10. The highest BCUT2D eigenvalue weighted by Gasteiger charge is 2.49. The summed E-state index contributed by atoms with van der Waals surface area (Å²) in [6.07, 6.45) is -1.47. The highest BCUT2D eigenvalue weighted by atomic mass is 16.5. The lowest BCUT2D eigenvalue weighted by molar-refractivity contribution is -0.164. The number of aliphatic hydroxyl groups excluding tert-OH is 1. The Labute approximate surface area is 344 Å². The van der Waals surface area contributed by atoms with Crippen molar-refractivity contribution in [3.63, 3.8) is 0 Å². The van der Waals surface area contributed by atoms with Crippen molar-refractivity contribution in [1.82, 2.24) is 30.7 Å². The molecule has 0 saturated carbocycles. The van der Waals surface area contributed by atoms with Crippen LogP contribution >= 0.6 is 0 Å². The number of carbonyl (C=O) groups excluding carboxylic acids is 7. The first kappa shape index (κ1) is 43.2. The van der Waals surface area contributed by atoms with Gasteiger partial charge in [0.15, 0.2) is 0 Å². The molecule has 0 unspecified atom stereocenters. The van der Waals surface area contributed by atoms with Crippen LogP contribution in [0.4, 0.5) is 0 Å². The fraction of sp³-hybridized carbons (Fsp3) is 0.558. The van der Waals surface area contributed by atoms with Gasteiger partial charge in [-0.1, -0.05) is 67.9 Å². The second kappa shape index (κ2) is 18.7. The minimum absolute atomic E-state index is 0.0108. The molecule has 0 bridgehead atoms. The van der Waals surface area contributed by atoms with Gasteiger partial charge in [0.2, 0.25) is 35.4 Å². The van der Waals surface area contributed by atoms with Crippen molar-refractivity contribution < 1.29 is 48.1 Å². The summed E-state index contributed by atoms with van der Waals surface area (Å²) in [4.78, 5) is 102. The summed E-state index contributed by atoms with van der Waals surface area (Å²) in [5.74, 6) is -4.70. The second-order valence-corrected chi connectivity index (χ2v) is 16.4. The van der Waals surface area contributed by atoms with Crippen LogP contribution in [-0.4, -0.2) is 143 Å². The van der Waals surface area contributed by atoms with Gasteiger partial charge < -0.3 is 45.2 Å². The Hall–Kier alpha value is -5.35. The van der Waals surface area contributed by atoms with Gasteiger partial charge in [-0.15, -0.1) is 0 Å². The average Bonchev–Trinajstić information content (AvgIpc) is 3.81. The van der Waals surface area contributed by atoms with E-state index < -0.39 is 89.9 Å². The zero-order valence-corrected chi connectivity index (χ0v) is 34.3. The van der Waals surface area contributed by atoms with Crippen molar-refractivity contribution in [3.05, 3.63) is 70.8 Å². The van der Waals surface area contributed by atoms with Crippen molar-refractivity contribution >= 4 is 41.4 Å². The molecule has 2 aromatic rings. The van der Waals surface area contributed by atoms with Crippen LogP contribution in [0.1, 0.15) is 62.8 Å². The topological polar surface area (TPSA) is 204 Å². The lowest BCUT2D eigenvalue weighted by Gasteiger charge is -2.39. The van der Waals surface area contributed by atoms with E-state index in [9.17, 15) is 38.7 Å². The maximum Gasteiger partial charge on any atom is 0.329 e. The Kier molecular flexibility index (Phi) is 13.7. The molecule has 4 N–H and O–H groups in total. The molecule has 9 atom stereocenters. The molecule has 6 amide bonds. The zero-order valence-electron chi connectivity index (χ0n) is 34.3. The molecule has 59 heavy (non-hydrogen) atoms. The van der Waals surface area contributed by atoms with Gasteiger partial charge in [-0.3, -0.25) is 28.8 Å². The lowest BCUT2D eigenvalue weighted by atomic mass is 10.0. The van der Waals surface area contributed by atoms with Gasteiger partial charge in [-0.25, -0.2) is 4.79 Å². The third-order valence-corrected chi connectivity index (χ3v) is 11.7. The number of aliphatic hydroxyl groups is 1. The highest BCUT2D eigenvalue weighted by molar-refractivity contribution is 5.98. The van der Waals surface area contributed by atoms with Gasteiger partial charge in [0, 0.05) is 32.5 Å². The average molecular weight is 817 g/mol. The van der Waals surface area contributed by atoms with Gasteiger partial charge in [-0.05, 0) is 56.2 Å². The number of cyclic esters (lactones) is 1. The minimum Gasteiger partial charge on any atom is -0.458 e. The normalized spacial score (nSPS) is 28.6. The summed E-state index contributed by atoms with van der Waals surface area (Å²) >= 11 is 0. The molecule has 4 aliphatic heterocycles. The van der Waals surface area contributed by atoms with Crippen LogP contribution in [0.3, 0.4) is 0 Å². The number of rotatable bonds is 8. The summed E-state index contributed by atoms with van der Waals surface area (Å²) in [6.45, 7) is 8.64. The molecule has 4 fully saturated rings. The third kappa shape index (κ3) is 10.1. The van der Waals surface area contributed by atoms with Crippen LogP contribution in [0.5, 0.6) is 0 Å². The quantitative estimate of drug-likeness (QED) is 0.267. The SMILES string of the molecule is CCc1ccc(CC(=O)N[C@@H](Cc2cccc(C)c2)C(=O)N[C@@H]2C(=O)N3C[C@H](O)C[C@H]3C(=O)N3CCOC[C@H]3C(=O)N[C@@H](C)C(=O)N3C[C@H](C)C[C@H]3C(=O)O[C@H]2C)cc1. The van der Waals surface area contributed by atoms with E-state index in [2.05, 4.69) is 16.0 Å². The van der Waals surface area contributed by atoms with Crippen molar-refractivity contribution in [3.8, 4) is 0 Å². The highest BCUT2D eigenvalue weighted by Crippen LogP contribution is 2.28. The smallest absolute Gasteiger partial charge is 0.329 e. The van der Waals surface area contributed by atoms with Gasteiger partial charge in [0.1, 0.15) is 42.4 Å². The van der Waals surface area contributed by atoms with Crippen molar-refractivity contribution in [2.45, 2.75) is 115 Å². The Balaban J connectivity index is 1.34. The number of nitrogens with zero attached hydrogens (tertiary/aromatic N) is 3. The van der Waals surface area contributed by atoms with E-state index in [1.54, 1.807) is 0 Å². The molecule has 16 heteroatoms. The summed E-state index contributed by atoms with van der Waals surface area (Å²) in [5, 5.41) is 19.2. The van der Waals surface area contributed by atoms with Crippen molar-refractivity contribution in [1.29, 1.82) is 0 Å². The Bertz CT molecular complexity index is 1920. The molecule has 2 aromatic carbocycles. The first-order chi connectivity index (χ1) is 28.1. The summed E-state index contributed by atoms with van der Waals surface area (Å²) in [5.41, 5.74) is 3.53. The number of aryl methyl sites for hydroxylation is 2. The molecule has 4 saturated heterocycles. The summed E-state index contributed by atoms with van der Waals surface area (Å²) < 4.78 is 11.5. The number of benzene rings is 2. The Morgan fingerprint density at radius 1 is 0.864 bits per heavy atom. The van der Waals surface area contributed by atoms with E-state index in [1.165, 1.54) is 23.6 Å². The number of hydrogen-bond donors (Lipinski definition) is 4. The Morgan fingerprint density at radius 3 is 2.29 bits per heavy atom. The fourth-order valence-electron chi connectivity index (χ4n) is 8.45. The van der Waals surface area contributed by atoms with Crippen LogP contribution in [0, 0.1) is 12.8 Å². The first-order valence-corrected chi connectivity index (χ1v) is 20.5. The van der Waals surface area contributed by atoms with Crippen LogP contribution in [0.25, 0.3) is 0 Å². The molecule has 318 valence electrons. The van der Waals surface area contributed by atoms with Crippen LogP contribution in [-0.2, 0) is 62.3 Å². The number of nitrogens with one attached hydrogen (secondary N) is 3. The van der Waals surface area contributed by atoms with Gasteiger partial charge in [0.25, 0.3) is 0 Å². The van der Waals surface area contributed by atoms with E-state index in [0.29, 0.717) is 0 Å². The summed E-state index contributed by atoms with van der Waals surface area (Å²) in [6, 6.07) is 7.76. The number of amides is 6. The van der Waals surface area contributed by atoms with E-state index >= 15 is 0 Å². The van der Waals surface area contributed by atoms with Crippen LogP contribution in [0.15, 0.2) is 48.5 Å². The van der Waals surface area contributed by atoms with Crippen LogP contribution in [0.2, 0.25) is 0 Å². The van der Waals surface area contributed by atoms with Crippen LogP contribution < -0.4 is 16.0 Å². The molecule has 4 aliphatic rings.